The van der Waals surface area contributed by atoms with E-state index >= 15 is 0 Å². The second kappa shape index (κ2) is 13.1. The third-order valence-corrected chi connectivity index (χ3v) is 1.52. The van der Waals surface area contributed by atoms with Gasteiger partial charge in [0, 0.05) is 0 Å². The normalized spacial score (nSPS) is 14.2. The van der Waals surface area contributed by atoms with Crippen molar-refractivity contribution >= 4 is 0 Å². The van der Waals surface area contributed by atoms with Crippen LogP contribution in [-0.4, -0.2) is 0 Å². The summed E-state index contributed by atoms with van der Waals surface area (Å²) in [6.45, 7) is 11.5. The van der Waals surface area contributed by atoms with E-state index in [2.05, 4.69) is 19.6 Å². The van der Waals surface area contributed by atoms with Crippen molar-refractivity contribution in [3.05, 3.63) is 24.3 Å². The van der Waals surface area contributed by atoms with Gasteiger partial charge in [-0.3, -0.25) is 0 Å². The van der Waals surface area contributed by atoms with Gasteiger partial charge < -0.3 is 0 Å². The fraction of sp³-hybridized carbons (Fsp3) is 0.667. The van der Waals surface area contributed by atoms with Crippen LogP contribution < -0.4 is 0 Å². The monoisotopic (exact) mass is 168 g/mol. The fourth-order valence-corrected chi connectivity index (χ4v) is 0.999. The van der Waals surface area contributed by atoms with Crippen LogP contribution in [0.1, 0.15) is 53.4 Å². The van der Waals surface area contributed by atoms with Crippen LogP contribution >= 0.6 is 0 Å². The highest BCUT2D eigenvalue weighted by atomic mass is 14.0. The number of hydrogen-bond donors (Lipinski definition) is 0. The summed E-state index contributed by atoms with van der Waals surface area (Å²) in [7, 11) is 0. The van der Waals surface area contributed by atoms with E-state index in [1.54, 1.807) is 11.6 Å². The smallest absolute Gasteiger partial charge is 0.0323 e. The Labute approximate surface area is 78.4 Å². The van der Waals surface area contributed by atoms with Gasteiger partial charge in [-0.05, 0) is 39.5 Å². The van der Waals surface area contributed by atoms with Gasteiger partial charge in [-0.2, -0.15) is 0 Å². The van der Waals surface area contributed by atoms with E-state index in [1.807, 2.05) is 20.8 Å². The predicted molar refractivity (Wildman–Crippen MR) is 59.4 cm³/mol. The van der Waals surface area contributed by atoms with Crippen LogP contribution in [0, 0.1) is 0 Å². The summed E-state index contributed by atoms with van der Waals surface area (Å²) >= 11 is 0. The zero-order valence-electron chi connectivity index (χ0n) is 9.19. The van der Waals surface area contributed by atoms with E-state index in [1.165, 1.54) is 25.7 Å². The summed E-state index contributed by atoms with van der Waals surface area (Å²) in [5.41, 5.74) is 1.59. The molecule has 0 amide bonds. The highest BCUT2D eigenvalue weighted by molar-refractivity contribution is 5.00. The van der Waals surface area contributed by atoms with Crippen molar-refractivity contribution in [1.29, 1.82) is 0 Å². The van der Waals surface area contributed by atoms with Crippen molar-refractivity contribution < 1.29 is 0 Å². The van der Waals surface area contributed by atoms with Crippen LogP contribution in [0.25, 0.3) is 0 Å². The maximum Gasteiger partial charge on any atom is -0.0323 e. The molecule has 0 nitrogen and oxygen atoms in total. The van der Waals surface area contributed by atoms with Crippen molar-refractivity contribution in [2.75, 3.05) is 0 Å². The van der Waals surface area contributed by atoms with Gasteiger partial charge in [-0.25, -0.2) is 0 Å². The molecule has 0 aromatic rings. The van der Waals surface area contributed by atoms with Crippen molar-refractivity contribution in [2.45, 2.75) is 53.4 Å². The highest BCUT2D eigenvalue weighted by Crippen LogP contribution is 2.15. The van der Waals surface area contributed by atoms with E-state index in [0.29, 0.717) is 0 Å². The quantitative estimate of drug-likeness (QED) is 0.459. The summed E-state index contributed by atoms with van der Waals surface area (Å²) in [4.78, 5) is 0. The van der Waals surface area contributed by atoms with Crippen molar-refractivity contribution in [2.24, 2.45) is 0 Å². The van der Waals surface area contributed by atoms with Crippen LogP contribution in [0.3, 0.4) is 0 Å². The van der Waals surface area contributed by atoms with Crippen LogP contribution in [0.2, 0.25) is 0 Å². The molecular weight excluding hydrogens is 144 g/mol. The first-order chi connectivity index (χ1) is 5.81. The molecule has 0 spiro atoms. The zero-order chi connectivity index (χ0) is 9.82. The SMILES string of the molecule is C=CC.CC.CC1=CCCCC1. The molecule has 0 aromatic carbocycles. The Kier molecular flexibility index (Phi) is 15.3. The summed E-state index contributed by atoms with van der Waals surface area (Å²) < 4.78 is 0. The molecule has 0 N–H and O–H groups in total. The lowest BCUT2D eigenvalue weighted by Gasteiger charge is -2.05. The van der Waals surface area contributed by atoms with Crippen molar-refractivity contribution in [3.63, 3.8) is 0 Å². The molecule has 0 unspecified atom stereocenters. The van der Waals surface area contributed by atoms with Crippen molar-refractivity contribution in [3.8, 4) is 0 Å². The van der Waals surface area contributed by atoms with E-state index < -0.39 is 0 Å². The standard InChI is InChI=1S/C7H12.C3H6.C2H6/c1-7-5-3-2-4-6-7;1-3-2;1-2/h5H,2-4,6H2,1H3;3H,1H2,2H3;1-2H3. The average Bonchev–Trinajstić information content (AvgIpc) is 2.11. The first kappa shape index (κ1) is 14.0. The minimum Gasteiger partial charge on any atom is -0.103 e. The third kappa shape index (κ3) is 12.2. The Morgan fingerprint density at radius 3 is 2.00 bits per heavy atom. The lowest BCUT2D eigenvalue weighted by atomic mass is 10.0. The highest BCUT2D eigenvalue weighted by Gasteiger charge is 1.95. The molecule has 0 heterocycles. The Morgan fingerprint density at radius 1 is 1.33 bits per heavy atom. The van der Waals surface area contributed by atoms with Gasteiger partial charge in [0.1, 0.15) is 0 Å². The second-order valence-electron chi connectivity index (χ2n) is 2.70. The fourth-order valence-electron chi connectivity index (χ4n) is 0.999. The van der Waals surface area contributed by atoms with E-state index in [-0.39, 0.29) is 0 Å². The van der Waals surface area contributed by atoms with Gasteiger partial charge >= 0.3 is 0 Å². The van der Waals surface area contributed by atoms with Crippen molar-refractivity contribution in [1.82, 2.24) is 0 Å². The van der Waals surface area contributed by atoms with Crippen LogP contribution in [0.5, 0.6) is 0 Å². The van der Waals surface area contributed by atoms with Crippen LogP contribution in [-0.2, 0) is 0 Å². The number of allylic oxidation sites excluding steroid dienone is 3. The summed E-state index contributed by atoms with van der Waals surface area (Å²) in [5.74, 6) is 0. The predicted octanol–water partition coefficient (Wildman–Crippen LogP) is 4.73. The summed E-state index contributed by atoms with van der Waals surface area (Å²) in [5, 5.41) is 0. The molecule has 0 aromatic heterocycles. The van der Waals surface area contributed by atoms with E-state index in [9.17, 15) is 0 Å². The molecule has 0 atom stereocenters. The molecule has 0 heteroatoms. The Hall–Kier alpha value is -0.520. The molecular formula is C12H24. The van der Waals surface area contributed by atoms with Gasteiger partial charge in [0.15, 0.2) is 0 Å². The van der Waals surface area contributed by atoms with Crippen LogP contribution in [0.4, 0.5) is 0 Å². The van der Waals surface area contributed by atoms with Gasteiger partial charge in [-0.1, -0.05) is 31.6 Å². The van der Waals surface area contributed by atoms with Crippen LogP contribution in [0.15, 0.2) is 24.3 Å². The van der Waals surface area contributed by atoms with E-state index in [0.717, 1.165) is 0 Å². The Balaban J connectivity index is 0. The molecule has 72 valence electrons. The van der Waals surface area contributed by atoms with Gasteiger partial charge in [0.25, 0.3) is 0 Å². The molecule has 0 radical (unpaired) electrons. The van der Waals surface area contributed by atoms with Gasteiger partial charge in [0.05, 0.1) is 0 Å². The maximum atomic E-state index is 3.36. The Bertz CT molecular complexity index is 109. The topological polar surface area (TPSA) is 0 Å². The third-order valence-electron chi connectivity index (χ3n) is 1.52. The average molecular weight is 168 g/mol. The maximum absolute atomic E-state index is 3.36. The lowest BCUT2D eigenvalue weighted by molar-refractivity contribution is 0.702. The number of hydrogen-bond acceptors (Lipinski definition) is 0. The molecule has 0 saturated carbocycles. The minimum atomic E-state index is 1.33. The molecule has 12 heavy (non-hydrogen) atoms. The Morgan fingerprint density at radius 2 is 1.83 bits per heavy atom. The lowest BCUT2D eigenvalue weighted by Crippen LogP contribution is -1.85. The van der Waals surface area contributed by atoms with Gasteiger partial charge in [-0.15, -0.1) is 6.58 Å². The molecule has 0 fully saturated rings. The number of rotatable bonds is 0. The molecule has 0 aliphatic heterocycles. The molecule has 1 aliphatic rings. The first-order valence-electron chi connectivity index (χ1n) is 5.04. The van der Waals surface area contributed by atoms with E-state index in [4.69, 9.17) is 0 Å². The first-order valence-corrected chi connectivity index (χ1v) is 5.04. The molecule has 0 bridgehead atoms. The zero-order valence-corrected chi connectivity index (χ0v) is 9.19. The molecule has 1 rings (SSSR count). The molecule has 1 aliphatic carbocycles. The summed E-state index contributed by atoms with van der Waals surface area (Å²) in [6.07, 6.45) is 9.61. The van der Waals surface area contributed by atoms with Gasteiger partial charge in [0.2, 0.25) is 0 Å². The minimum absolute atomic E-state index is 1.33. The summed E-state index contributed by atoms with van der Waals surface area (Å²) in [6, 6.07) is 0. The molecule has 0 saturated heterocycles. The largest absolute Gasteiger partial charge is 0.103 e. The second-order valence-corrected chi connectivity index (χ2v) is 2.70.